The molecule has 0 aromatic carbocycles. The average molecular weight is 169 g/mol. The van der Waals surface area contributed by atoms with Crippen molar-refractivity contribution in [1.82, 2.24) is 4.98 Å². The van der Waals surface area contributed by atoms with E-state index in [-0.39, 0.29) is 12.0 Å². The predicted molar refractivity (Wildman–Crippen MR) is 41.4 cm³/mol. The lowest BCUT2D eigenvalue weighted by Crippen LogP contribution is -2.06. The minimum Gasteiger partial charge on any atom is -0.325 e. The normalized spacial score (nSPS) is 9.09. The zero-order valence-electron chi connectivity index (χ0n) is 5.60. The van der Waals surface area contributed by atoms with E-state index in [9.17, 15) is 4.79 Å². The van der Waals surface area contributed by atoms with Crippen LogP contribution in [0.3, 0.4) is 0 Å². The lowest BCUT2D eigenvalue weighted by Gasteiger charge is -1.93. The smallest absolute Gasteiger partial charge is 0.249 e. The highest BCUT2D eigenvalue weighted by Gasteiger charge is 1.94. The number of aromatic nitrogens is 1. The van der Waals surface area contributed by atoms with Gasteiger partial charge < -0.3 is 4.98 Å². The summed E-state index contributed by atoms with van der Waals surface area (Å²) in [7, 11) is 0. The summed E-state index contributed by atoms with van der Waals surface area (Å²) in [6.07, 6.45) is 0.176. The number of pyridine rings is 1. The van der Waals surface area contributed by atoms with Crippen molar-refractivity contribution in [2.24, 2.45) is 0 Å². The molecule has 0 amide bonds. The molecule has 0 aliphatic rings. The minimum absolute atomic E-state index is 0.176. The Kier molecular flexibility index (Phi) is 2.29. The number of nitriles is 1. The van der Waals surface area contributed by atoms with Crippen molar-refractivity contribution in [3.8, 4) is 6.07 Å². The van der Waals surface area contributed by atoms with Crippen LogP contribution >= 0.6 is 11.6 Å². The number of hydrogen-bond acceptors (Lipinski definition) is 2. The van der Waals surface area contributed by atoms with Crippen LogP contribution in [-0.2, 0) is 6.42 Å². The first kappa shape index (κ1) is 7.83. The Balaban J connectivity index is 3.11. The van der Waals surface area contributed by atoms with Crippen molar-refractivity contribution in [1.29, 1.82) is 5.26 Å². The van der Waals surface area contributed by atoms with Gasteiger partial charge in [-0.3, -0.25) is 4.79 Å². The number of nitrogens with one attached hydrogen (secondary N) is 1. The van der Waals surface area contributed by atoms with Crippen molar-refractivity contribution in [2.45, 2.75) is 6.42 Å². The maximum atomic E-state index is 10.7. The van der Waals surface area contributed by atoms with Gasteiger partial charge in [-0.05, 0) is 6.07 Å². The first-order valence-electron chi connectivity index (χ1n) is 2.98. The quantitative estimate of drug-likeness (QED) is 0.683. The predicted octanol–water partition coefficient (Wildman–Crippen LogP) is 1.09. The number of rotatable bonds is 1. The van der Waals surface area contributed by atoms with Crippen LogP contribution in [-0.4, -0.2) is 4.98 Å². The van der Waals surface area contributed by atoms with Gasteiger partial charge in [-0.15, -0.1) is 0 Å². The Morgan fingerprint density at radius 3 is 2.91 bits per heavy atom. The van der Waals surface area contributed by atoms with E-state index < -0.39 is 0 Å². The summed E-state index contributed by atoms with van der Waals surface area (Å²) in [4.78, 5) is 13.2. The van der Waals surface area contributed by atoms with Crippen molar-refractivity contribution in [3.05, 3.63) is 33.2 Å². The Bertz CT molecular complexity index is 350. The molecule has 0 aliphatic carbocycles. The topological polar surface area (TPSA) is 56.6 Å². The molecule has 0 spiro atoms. The van der Waals surface area contributed by atoms with Crippen LogP contribution in [0.5, 0.6) is 0 Å². The van der Waals surface area contributed by atoms with E-state index >= 15 is 0 Å². The second-order valence-electron chi connectivity index (χ2n) is 2.02. The average Bonchev–Trinajstić information content (AvgIpc) is 1.85. The van der Waals surface area contributed by atoms with Gasteiger partial charge in [0.15, 0.2) is 0 Å². The SMILES string of the molecule is N#CCc1cc(Cl)cc(=O)[nH]1. The molecule has 0 atom stereocenters. The maximum Gasteiger partial charge on any atom is 0.249 e. The van der Waals surface area contributed by atoms with Gasteiger partial charge in [0.2, 0.25) is 5.56 Å². The molecule has 0 bridgehead atoms. The van der Waals surface area contributed by atoms with E-state index in [1.54, 1.807) is 6.07 Å². The Morgan fingerprint density at radius 2 is 2.36 bits per heavy atom. The lowest BCUT2D eigenvalue weighted by atomic mass is 10.3. The summed E-state index contributed by atoms with van der Waals surface area (Å²) in [5.41, 5.74) is 0.271. The first-order valence-corrected chi connectivity index (χ1v) is 3.36. The van der Waals surface area contributed by atoms with Gasteiger partial charge in [-0.1, -0.05) is 11.6 Å². The summed E-state index contributed by atoms with van der Waals surface area (Å²) in [5.74, 6) is 0. The highest BCUT2D eigenvalue weighted by atomic mass is 35.5. The molecule has 1 aromatic rings. The van der Waals surface area contributed by atoms with Gasteiger partial charge in [0, 0.05) is 16.8 Å². The fraction of sp³-hybridized carbons (Fsp3) is 0.143. The molecule has 0 unspecified atom stereocenters. The fourth-order valence-electron chi connectivity index (χ4n) is 0.744. The molecule has 0 aliphatic heterocycles. The van der Waals surface area contributed by atoms with E-state index in [2.05, 4.69) is 4.98 Å². The number of nitrogens with zero attached hydrogens (tertiary/aromatic N) is 1. The zero-order valence-corrected chi connectivity index (χ0v) is 6.35. The molecule has 0 saturated heterocycles. The van der Waals surface area contributed by atoms with Crippen LogP contribution in [0.4, 0.5) is 0 Å². The molecule has 4 heteroatoms. The lowest BCUT2D eigenvalue weighted by molar-refractivity contribution is 1.08. The number of hydrogen-bond donors (Lipinski definition) is 1. The van der Waals surface area contributed by atoms with Crippen LogP contribution in [0.25, 0.3) is 0 Å². The summed E-state index contributed by atoms with van der Waals surface area (Å²) < 4.78 is 0. The van der Waals surface area contributed by atoms with E-state index in [0.29, 0.717) is 10.7 Å². The molecular weight excluding hydrogens is 164 g/mol. The second-order valence-corrected chi connectivity index (χ2v) is 2.46. The van der Waals surface area contributed by atoms with Gasteiger partial charge in [0.25, 0.3) is 0 Å². The maximum absolute atomic E-state index is 10.7. The van der Waals surface area contributed by atoms with E-state index in [1.165, 1.54) is 6.07 Å². The number of H-pyrrole nitrogens is 1. The van der Waals surface area contributed by atoms with Gasteiger partial charge in [0.1, 0.15) is 0 Å². The van der Waals surface area contributed by atoms with Crippen LogP contribution in [0.15, 0.2) is 16.9 Å². The molecule has 1 N–H and O–H groups in total. The van der Waals surface area contributed by atoms with Gasteiger partial charge in [0.05, 0.1) is 12.5 Å². The summed E-state index contributed by atoms with van der Waals surface area (Å²) in [5, 5.41) is 8.65. The van der Waals surface area contributed by atoms with Gasteiger partial charge in [-0.25, -0.2) is 0 Å². The monoisotopic (exact) mass is 168 g/mol. The molecule has 1 heterocycles. The van der Waals surface area contributed by atoms with Gasteiger partial charge >= 0.3 is 0 Å². The summed E-state index contributed by atoms with van der Waals surface area (Å²) in [6.45, 7) is 0. The number of aromatic amines is 1. The van der Waals surface area contributed by atoms with Crippen molar-refractivity contribution in [3.63, 3.8) is 0 Å². The van der Waals surface area contributed by atoms with Crippen LogP contribution in [0, 0.1) is 11.3 Å². The van der Waals surface area contributed by atoms with Crippen molar-refractivity contribution < 1.29 is 0 Å². The second kappa shape index (κ2) is 3.22. The molecular formula is C7H5ClN2O. The third-order valence-corrected chi connectivity index (χ3v) is 1.35. The molecule has 0 saturated carbocycles. The molecule has 56 valence electrons. The van der Waals surface area contributed by atoms with Crippen molar-refractivity contribution >= 4 is 11.6 Å². The molecule has 0 radical (unpaired) electrons. The molecule has 1 aromatic heterocycles. The third-order valence-electron chi connectivity index (χ3n) is 1.13. The largest absolute Gasteiger partial charge is 0.325 e. The van der Waals surface area contributed by atoms with E-state index in [1.807, 2.05) is 6.07 Å². The molecule has 1 rings (SSSR count). The standard InChI is InChI=1S/C7H5ClN2O/c8-5-3-6(1-2-9)10-7(11)4-5/h3-4H,1H2,(H,10,11). The first-order chi connectivity index (χ1) is 5.22. The van der Waals surface area contributed by atoms with E-state index in [0.717, 1.165) is 0 Å². The highest BCUT2D eigenvalue weighted by Crippen LogP contribution is 2.04. The highest BCUT2D eigenvalue weighted by molar-refractivity contribution is 6.30. The molecule has 0 fully saturated rings. The molecule has 11 heavy (non-hydrogen) atoms. The number of halogens is 1. The van der Waals surface area contributed by atoms with Crippen molar-refractivity contribution in [2.75, 3.05) is 0 Å². The Labute approximate surface area is 68.2 Å². The van der Waals surface area contributed by atoms with Crippen LogP contribution in [0.2, 0.25) is 5.02 Å². The zero-order chi connectivity index (χ0) is 8.27. The third kappa shape index (κ3) is 2.10. The molecule has 3 nitrogen and oxygen atoms in total. The van der Waals surface area contributed by atoms with Crippen LogP contribution in [0.1, 0.15) is 5.69 Å². The van der Waals surface area contributed by atoms with Gasteiger partial charge in [-0.2, -0.15) is 5.26 Å². The van der Waals surface area contributed by atoms with Crippen LogP contribution < -0.4 is 5.56 Å². The fourth-order valence-corrected chi connectivity index (χ4v) is 0.975. The Hall–Kier alpha value is -1.27. The minimum atomic E-state index is -0.275. The summed E-state index contributed by atoms with van der Waals surface area (Å²) >= 11 is 5.56. The Morgan fingerprint density at radius 1 is 1.64 bits per heavy atom. The summed E-state index contributed by atoms with van der Waals surface area (Å²) in [6, 6.07) is 4.74. The van der Waals surface area contributed by atoms with E-state index in [4.69, 9.17) is 16.9 Å².